The van der Waals surface area contributed by atoms with Crippen LogP contribution in [0.5, 0.6) is 0 Å². The van der Waals surface area contributed by atoms with Gasteiger partial charge in [0, 0.05) is 7.26 Å². The highest BCUT2D eigenvalue weighted by Crippen LogP contribution is 2.61. The molecular weight excluding hydrogens is 403 g/mol. The van der Waals surface area contributed by atoms with Gasteiger partial charge in [0.25, 0.3) is 0 Å². The molecule has 0 bridgehead atoms. The van der Waals surface area contributed by atoms with Crippen molar-refractivity contribution in [2.75, 3.05) is 24.6 Å². The maximum atomic E-state index is 2.39. The van der Waals surface area contributed by atoms with Gasteiger partial charge in [0.15, 0.2) is 0 Å². The van der Waals surface area contributed by atoms with Crippen LogP contribution >= 0.6 is 19.7 Å². The van der Waals surface area contributed by atoms with E-state index in [1.165, 1.54) is 122 Å². The van der Waals surface area contributed by atoms with Crippen LogP contribution in [0.3, 0.4) is 0 Å². The predicted molar refractivity (Wildman–Crippen MR) is 149 cm³/mol. The van der Waals surface area contributed by atoms with Crippen molar-refractivity contribution in [3.05, 3.63) is 0 Å². The van der Waals surface area contributed by atoms with E-state index in [2.05, 4.69) is 27.7 Å². The summed E-state index contributed by atoms with van der Waals surface area (Å²) in [5, 5.41) is 0. The van der Waals surface area contributed by atoms with Crippen LogP contribution in [0.4, 0.5) is 0 Å². The molecule has 0 aromatic carbocycles. The molecule has 0 atom stereocenters. The molecule has 0 unspecified atom stereocenters. The van der Waals surface area contributed by atoms with Gasteiger partial charge in [-0.15, -0.1) is 12.4 Å². The third-order valence-electron chi connectivity index (χ3n) is 6.94. The fraction of sp³-hybridized carbons (Fsp3) is 1.00. The topological polar surface area (TPSA) is 0 Å². The second-order valence-corrected chi connectivity index (χ2v) is 14.4. The van der Waals surface area contributed by atoms with Crippen LogP contribution in [0.15, 0.2) is 0 Å². The summed E-state index contributed by atoms with van der Waals surface area (Å²) in [5.74, 6) is 0. The first-order chi connectivity index (χ1) is 14.2. The zero-order valence-electron chi connectivity index (χ0n) is 21.8. The van der Waals surface area contributed by atoms with Crippen molar-refractivity contribution in [2.45, 2.75) is 156 Å². The molecule has 0 aliphatic rings. The molecule has 0 aliphatic carbocycles. The highest BCUT2D eigenvalue weighted by molar-refractivity contribution is 7.75. The Morgan fingerprint density at radius 1 is 0.300 bits per heavy atom. The highest BCUT2D eigenvalue weighted by atomic mass is 35.5. The van der Waals surface area contributed by atoms with Crippen molar-refractivity contribution in [3.63, 3.8) is 0 Å². The summed E-state index contributed by atoms with van der Waals surface area (Å²) in [4.78, 5) is 0. The van der Waals surface area contributed by atoms with Crippen molar-refractivity contribution in [1.29, 1.82) is 0 Å². The van der Waals surface area contributed by atoms with E-state index in [1.807, 2.05) is 0 Å². The Kier molecular flexibility index (Phi) is 28.5. The minimum Gasteiger partial charge on any atom is -0.147 e. The van der Waals surface area contributed by atoms with Crippen LogP contribution in [-0.4, -0.2) is 24.6 Å². The number of rotatable bonds is 24. The Labute approximate surface area is 200 Å². The van der Waals surface area contributed by atoms with Gasteiger partial charge in [0.2, 0.25) is 0 Å². The van der Waals surface area contributed by atoms with Gasteiger partial charge >= 0.3 is 0 Å². The average molecular weight is 464 g/mol. The van der Waals surface area contributed by atoms with Gasteiger partial charge < -0.3 is 0 Å². The molecule has 0 nitrogen and oxygen atoms in total. The minimum absolute atomic E-state index is 0. The molecule has 2 heteroatoms. The molecule has 30 heavy (non-hydrogen) atoms. The number of hydrogen-bond acceptors (Lipinski definition) is 0. The molecule has 0 aromatic rings. The second-order valence-electron chi connectivity index (χ2n) is 9.89. The first-order valence-corrected chi connectivity index (χ1v) is 16.6. The van der Waals surface area contributed by atoms with Gasteiger partial charge in [0.05, 0.1) is 24.6 Å². The Bertz CT molecular complexity index is 283. The van der Waals surface area contributed by atoms with Crippen LogP contribution in [0.2, 0.25) is 0 Å². The summed E-state index contributed by atoms with van der Waals surface area (Å²) < 4.78 is 0. The van der Waals surface area contributed by atoms with Gasteiger partial charge in [-0.05, 0) is 32.1 Å². The molecule has 0 rings (SSSR count). The lowest BCUT2D eigenvalue weighted by Gasteiger charge is -2.28. The standard InChI is InChI=1S/C28H60P.ClH/c1-5-9-13-14-15-16-17-18-19-20-21-22-23-24-28-29(25-10-6-2,26-11-7-3)27-12-8-4;/h5-28H2,1-4H3;1H/q+1;. The van der Waals surface area contributed by atoms with Crippen molar-refractivity contribution in [2.24, 2.45) is 0 Å². The van der Waals surface area contributed by atoms with Crippen molar-refractivity contribution < 1.29 is 0 Å². The third kappa shape index (κ3) is 20.6. The number of halogens is 1. The summed E-state index contributed by atoms with van der Waals surface area (Å²) in [7, 11) is -0.630. The summed E-state index contributed by atoms with van der Waals surface area (Å²) in [6.45, 7) is 9.48. The molecule has 0 heterocycles. The quantitative estimate of drug-likeness (QED) is 0.0985. The summed E-state index contributed by atoms with van der Waals surface area (Å²) in [6, 6.07) is 0. The lowest BCUT2D eigenvalue weighted by Crippen LogP contribution is -2.13. The van der Waals surface area contributed by atoms with E-state index in [9.17, 15) is 0 Å². The maximum Gasteiger partial charge on any atom is 0.0594 e. The molecule has 0 saturated carbocycles. The van der Waals surface area contributed by atoms with E-state index in [0.717, 1.165) is 0 Å². The van der Waals surface area contributed by atoms with E-state index in [4.69, 9.17) is 0 Å². The average Bonchev–Trinajstić information content (AvgIpc) is 2.74. The summed E-state index contributed by atoms with van der Waals surface area (Å²) >= 11 is 0. The van der Waals surface area contributed by atoms with Crippen LogP contribution in [0, 0.1) is 0 Å². The maximum absolute atomic E-state index is 2.39. The molecule has 0 N–H and O–H groups in total. The first kappa shape index (κ1) is 32.9. The van der Waals surface area contributed by atoms with Gasteiger partial charge in [-0.25, -0.2) is 0 Å². The monoisotopic (exact) mass is 463 g/mol. The molecule has 0 radical (unpaired) electrons. The van der Waals surface area contributed by atoms with E-state index in [1.54, 1.807) is 31.1 Å². The summed E-state index contributed by atoms with van der Waals surface area (Å²) in [5.41, 5.74) is 0. The molecule has 184 valence electrons. The second kappa shape index (κ2) is 26.0. The molecular formula is C28H61ClP+. The molecule has 0 aliphatic heterocycles. The predicted octanol–water partition coefficient (Wildman–Crippen LogP) is 11.3. The SMILES string of the molecule is CCCCCCCCCCCCCCCC[P+](CCCC)(CCCC)CCCC.Cl. The van der Waals surface area contributed by atoms with Crippen LogP contribution in [0.1, 0.15) is 156 Å². The normalized spacial score (nSPS) is 11.6. The molecule has 0 amide bonds. The van der Waals surface area contributed by atoms with E-state index >= 15 is 0 Å². The van der Waals surface area contributed by atoms with Crippen molar-refractivity contribution >= 4 is 19.7 Å². The number of hydrogen-bond donors (Lipinski definition) is 0. The Morgan fingerprint density at radius 2 is 0.533 bits per heavy atom. The number of unbranched alkanes of at least 4 members (excludes halogenated alkanes) is 16. The first-order valence-electron chi connectivity index (χ1n) is 14.1. The Hall–Kier alpha value is 0.720. The largest absolute Gasteiger partial charge is 0.147 e. The minimum atomic E-state index is -0.630. The van der Waals surface area contributed by atoms with E-state index in [-0.39, 0.29) is 12.4 Å². The lowest BCUT2D eigenvalue weighted by molar-refractivity contribution is 0.538. The van der Waals surface area contributed by atoms with Crippen molar-refractivity contribution in [3.8, 4) is 0 Å². The van der Waals surface area contributed by atoms with Gasteiger partial charge in [-0.2, -0.15) is 0 Å². The smallest absolute Gasteiger partial charge is 0.0594 e. The molecule has 0 spiro atoms. The van der Waals surface area contributed by atoms with Gasteiger partial charge in [-0.3, -0.25) is 0 Å². The fourth-order valence-electron chi connectivity index (χ4n) is 4.79. The zero-order chi connectivity index (χ0) is 21.5. The zero-order valence-corrected chi connectivity index (χ0v) is 23.5. The van der Waals surface area contributed by atoms with Crippen LogP contribution in [0.25, 0.3) is 0 Å². The fourth-order valence-corrected chi connectivity index (χ4v) is 9.99. The highest BCUT2D eigenvalue weighted by Gasteiger charge is 2.34. The third-order valence-corrected chi connectivity index (χ3v) is 12.0. The van der Waals surface area contributed by atoms with Gasteiger partial charge in [-0.1, -0.05) is 124 Å². The van der Waals surface area contributed by atoms with Gasteiger partial charge in [0.1, 0.15) is 0 Å². The lowest BCUT2D eigenvalue weighted by atomic mass is 10.0. The molecule has 0 aromatic heterocycles. The van der Waals surface area contributed by atoms with E-state index in [0.29, 0.717) is 0 Å². The van der Waals surface area contributed by atoms with Crippen LogP contribution in [-0.2, 0) is 0 Å². The Balaban J connectivity index is 0. The summed E-state index contributed by atoms with van der Waals surface area (Å²) in [6.07, 6.45) is 36.0. The Morgan fingerprint density at radius 3 is 0.833 bits per heavy atom. The van der Waals surface area contributed by atoms with Crippen molar-refractivity contribution in [1.82, 2.24) is 0 Å². The molecule has 0 fully saturated rings. The molecule has 0 saturated heterocycles. The van der Waals surface area contributed by atoms with Crippen LogP contribution < -0.4 is 0 Å². The van der Waals surface area contributed by atoms with E-state index < -0.39 is 7.26 Å².